The van der Waals surface area contributed by atoms with Crippen molar-refractivity contribution in [1.29, 1.82) is 0 Å². The number of fused-ring (bicyclic) bond motifs is 1. The van der Waals surface area contributed by atoms with Gasteiger partial charge in [0.25, 0.3) is 0 Å². The van der Waals surface area contributed by atoms with Gasteiger partial charge >= 0.3 is 12.6 Å². The molecule has 1 aliphatic carbocycles. The molecule has 2 aromatic carbocycles. The second-order valence-electron chi connectivity index (χ2n) is 7.62. The zero-order chi connectivity index (χ0) is 21.8. The number of rotatable bonds is 9. The Morgan fingerprint density at radius 2 is 1.94 bits per heavy atom. The van der Waals surface area contributed by atoms with Crippen LogP contribution in [0.5, 0.6) is 0 Å². The summed E-state index contributed by atoms with van der Waals surface area (Å²) in [5, 5.41) is 15.1. The maximum atomic E-state index is 13.6. The van der Waals surface area contributed by atoms with Crippen molar-refractivity contribution in [2.24, 2.45) is 5.92 Å². The Labute approximate surface area is 178 Å². The summed E-state index contributed by atoms with van der Waals surface area (Å²) < 4.78 is 33.5. The van der Waals surface area contributed by atoms with Crippen molar-refractivity contribution in [3.63, 3.8) is 0 Å². The lowest BCUT2D eigenvalue weighted by molar-refractivity contribution is 0.0339. The van der Waals surface area contributed by atoms with Gasteiger partial charge in [-0.15, -0.1) is 0 Å². The van der Waals surface area contributed by atoms with Crippen LogP contribution in [0.15, 0.2) is 48.5 Å². The molecular formula is C22H24F2N4O3. The van der Waals surface area contributed by atoms with Crippen LogP contribution in [0.1, 0.15) is 19.4 Å². The number of ether oxygens (including phenoxy) is 1. The first-order chi connectivity index (χ1) is 15.0. The van der Waals surface area contributed by atoms with Crippen LogP contribution in [0.25, 0.3) is 22.4 Å². The predicted octanol–water partition coefficient (Wildman–Crippen LogP) is 4.01. The van der Waals surface area contributed by atoms with Gasteiger partial charge in [0.1, 0.15) is 5.82 Å². The molecule has 31 heavy (non-hydrogen) atoms. The SMILES string of the molecule is O=C(NCC(O)COCC1CC1)Nc1ccc(-c2nc3ccccc3n2C(F)F)cc1. The molecule has 0 aliphatic heterocycles. The average Bonchev–Trinajstić information content (AvgIpc) is 3.49. The summed E-state index contributed by atoms with van der Waals surface area (Å²) >= 11 is 0. The van der Waals surface area contributed by atoms with E-state index in [0.29, 0.717) is 34.8 Å². The highest BCUT2D eigenvalue weighted by Gasteiger charge is 2.22. The minimum absolute atomic E-state index is 0.0625. The fraction of sp³-hybridized carbons (Fsp3) is 0.364. The summed E-state index contributed by atoms with van der Waals surface area (Å²) in [7, 11) is 0. The standard InChI is InChI=1S/C22H24F2N4O3/c23-21(24)28-19-4-2-1-3-18(19)27-20(28)15-7-9-16(10-8-15)26-22(30)25-11-17(29)13-31-12-14-5-6-14/h1-4,7-10,14,17,21,29H,5-6,11-13H2,(H2,25,26,30). The molecule has 0 spiro atoms. The Kier molecular flexibility index (Phi) is 6.43. The first-order valence-corrected chi connectivity index (χ1v) is 10.2. The first-order valence-electron chi connectivity index (χ1n) is 10.2. The van der Waals surface area contributed by atoms with Crippen LogP contribution >= 0.6 is 0 Å². The quantitative estimate of drug-likeness (QED) is 0.479. The second kappa shape index (κ2) is 9.40. The Morgan fingerprint density at radius 1 is 1.19 bits per heavy atom. The Balaban J connectivity index is 1.34. The number of anilines is 1. The van der Waals surface area contributed by atoms with Crippen LogP contribution < -0.4 is 10.6 Å². The number of aliphatic hydroxyl groups is 1. The van der Waals surface area contributed by atoms with Gasteiger partial charge in [-0.1, -0.05) is 12.1 Å². The highest BCUT2D eigenvalue weighted by molar-refractivity contribution is 5.89. The number of aliphatic hydroxyl groups excluding tert-OH is 1. The highest BCUT2D eigenvalue weighted by Crippen LogP contribution is 2.30. The van der Waals surface area contributed by atoms with E-state index in [0.717, 1.165) is 4.57 Å². The number of nitrogens with zero attached hydrogens (tertiary/aromatic N) is 2. The minimum Gasteiger partial charge on any atom is -0.389 e. The molecule has 9 heteroatoms. The monoisotopic (exact) mass is 430 g/mol. The zero-order valence-electron chi connectivity index (χ0n) is 16.8. The van der Waals surface area contributed by atoms with Crippen molar-refractivity contribution in [3.8, 4) is 11.4 Å². The van der Waals surface area contributed by atoms with Crippen molar-refractivity contribution in [1.82, 2.24) is 14.9 Å². The highest BCUT2D eigenvalue weighted by atomic mass is 19.3. The van der Waals surface area contributed by atoms with Crippen LogP contribution in [0.2, 0.25) is 0 Å². The van der Waals surface area contributed by atoms with Gasteiger partial charge in [-0.25, -0.2) is 9.78 Å². The summed E-state index contributed by atoms with van der Waals surface area (Å²) in [6.07, 6.45) is 1.57. The van der Waals surface area contributed by atoms with Gasteiger partial charge in [-0.05, 0) is 55.2 Å². The number of amides is 2. The average molecular weight is 430 g/mol. The molecule has 1 saturated carbocycles. The van der Waals surface area contributed by atoms with E-state index in [1.165, 1.54) is 12.8 Å². The number of hydrogen-bond acceptors (Lipinski definition) is 4. The summed E-state index contributed by atoms with van der Waals surface area (Å²) in [6.45, 7) is -1.84. The lowest BCUT2D eigenvalue weighted by Gasteiger charge is -2.13. The van der Waals surface area contributed by atoms with Crippen molar-refractivity contribution >= 4 is 22.8 Å². The van der Waals surface area contributed by atoms with E-state index in [2.05, 4.69) is 15.6 Å². The molecule has 1 unspecified atom stereocenters. The smallest absolute Gasteiger partial charge is 0.320 e. The van der Waals surface area contributed by atoms with Gasteiger partial charge in [-0.2, -0.15) is 8.78 Å². The molecule has 1 atom stereocenters. The fourth-order valence-corrected chi connectivity index (χ4v) is 3.25. The number of aromatic nitrogens is 2. The number of benzene rings is 2. The molecule has 1 aromatic heterocycles. The topological polar surface area (TPSA) is 88.4 Å². The zero-order valence-corrected chi connectivity index (χ0v) is 16.8. The van der Waals surface area contributed by atoms with Crippen molar-refractivity contribution < 1.29 is 23.4 Å². The van der Waals surface area contributed by atoms with Crippen molar-refractivity contribution in [2.45, 2.75) is 25.5 Å². The molecule has 1 fully saturated rings. The van der Waals surface area contributed by atoms with Crippen molar-refractivity contribution in [2.75, 3.05) is 25.1 Å². The van der Waals surface area contributed by atoms with Crippen LogP contribution in [0, 0.1) is 5.92 Å². The Morgan fingerprint density at radius 3 is 2.65 bits per heavy atom. The lowest BCUT2D eigenvalue weighted by Crippen LogP contribution is -2.37. The van der Waals surface area contributed by atoms with E-state index in [-0.39, 0.29) is 19.0 Å². The number of carbonyl (C=O) groups excluding carboxylic acids is 1. The Bertz CT molecular complexity index is 1030. The van der Waals surface area contributed by atoms with Gasteiger partial charge in [0, 0.05) is 24.4 Å². The number of imidazole rings is 1. The number of hydrogen-bond donors (Lipinski definition) is 3. The third-order valence-electron chi connectivity index (χ3n) is 5.05. The number of halogens is 2. The largest absolute Gasteiger partial charge is 0.389 e. The maximum absolute atomic E-state index is 13.6. The van der Waals surface area contributed by atoms with E-state index in [1.807, 2.05) is 0 Å². The third-order valence-corrected chi connectivity index (χ3v) is 5.05. The fourth-order valence-electron chi connectivity index (χ4n) is 3.25. The number of alkyl halides is 2. The third kappa shape index (κ3) is 5.36. The van der Waals surface area contributed by atoms with E-state index >= 15 is 0 Å². The van der Waals surface area contributed by atoms with E-state index < -0.39 is 18.7 Å². The van der Waals surface area contributed by atoms with Crippen LogP contribution in [0.4, 0.5) is 19.3 Å². The van der Waals surface area contributed by atoms with Gasteiger partial charge in [0.2, 0.25) is 0 Å². The molecule has 1 heterocycles. The summed E-state index contributed by atoms with van der Waals surface area (Å²) in [6, 6.07) is 12.7. The molecule has 0 saturated heterocycles. The molecule has 0 bridgehead atoms. The second-order valence-corrected chi connectivity index (χ2v) is 7.62. The molecule has 3 N–H and O–H groups in total. The molecule has 3 aromatic rings. The molecule has 2 amide bonds. The first kappa shape index (κ1) is 21.2. The minimum atomic E-state index is -2.73. The van der Waals surface area contributed by atoms with Crippen LogP contribution in [0.3, 0.4) is 0 Å². The summed E-state index contributed by atoms with van der Waals surface area (Å²) in [4.78, 5) is 16.4. The number of urea groups is 1. The van der Waals surface area contributed by atoms with Gasteiger partial charge in [-0.3, -0.25) is 4.57 Å². The number of para-hydroxylation sites is 2. The summed E-state index contributed by atoms with van der Waals surface area (Å²) in [5.74, 6) is 0.769. The molecule has 7 nitrogen and oxygen atoms in total. The van der Waals surface area contributed by atoms with Gasteiger partial charge < -0.3 is 20.5 Å². The van der Waals surface area contributed by atoms with E-state index in [9.17, 15) is 18.7 Å². The normalized spacial score (nSPS) is 14.7. The molecule has 164 valence electrons. The Hall–Kier alpha value is -3.04. The van der Waals surface area contributed by atoms with E-state index in [4.69, 9.17) is 4.74 Å². The van der Waals surface area contributed by atoms with Crippen LogP contribution in [-0.2, 0) is 4.74 Å². The molecular weight excluding hydrogens is 406 g/mol. The van der Waals surface area contributed by atoms with Gasteiger partial charge in [0.05, 0.1) is 23.7 Å². The summed E-state index contributed by atoms with van der Waals surface area (Å²) in [5.41, 5.74) is 1.83. The number of nitrogens with one attached hydrogen (secondary N) is 2. The molecule has 0 radical (unpaired) electrons. The van der Waals surface area contributed by atoms with E-state index in [1.54, 1.807) is 48.5 Å². The maximum Gasteiger partial charge on any atom is 0.320 e. The van der Waals surface area contributed by atoms with Crippen molar-refractivity contribution in [3.05, 3.63) is 48.5 Å². The molecule has 4 rings (SSSR count). The lowest BCUT2D eigenvalue weighted by atomic mass is 10.2. The van der Waals surface area contributed by atoms with Gasteiger partial charge in [0.15, 0.2) is 0 Å². The predicted molar refractivity (Wildman–Crippen MR) is 113 cm³/mol. The number of carbonyl (C=O) groups is 1. The molecule has 1 aliphatic rings. The van der Waals surface area contributed by atoms with Crippen LogP contribution in [-0.4, -0.2) is 46.6 Å².